The third kappa shape index (κ3) is 3.43. The highest BCUT2D eigenvalue weighted by molar-refractivity contribution is 5.47. The summed E-state index contributed by atoms with van der Waals surface area (Å²) in [6, 6.07) is 4.89. The van der Waals surface area contributed by atoms with E-state index in [2.05, 4.69) is 41.2 Å². The molecular weight excluding hydrogens is 210 g/mol. The predicted molar refractivity (Wildman–Crippen MR) is 72.2 cm³/mol. The topological polar surface area (TPSA) is 28.2 Å². The second-order valence-corrected chi connectivity index (χ2v) is 5.23. The predicted octanol–water partition coefficient (Wildman–Crippen LogP) is 2.43. The molecule has 1 fully saturated rings. The highest BCUT2D eigenvalue weighted by atomic mass is 15.2. The van der Waals surface area contributed by atoms with Gasteiger partial charge in [0.1, 0.15) is 0 Å². The molecule has 0 aromatic carbocycles. The zero-order chi connectivity index (χ0) is 12.3. The molecule has 1 heterocycles. The van der Waals surface area contributed by atoms with Crippen LogP contribution in [-0.4, -0.2) is 24.6 Å². The lowest BCUT2D eigenvalue weighted by Crippen LogP contribution is -2.32. The van der Waals surface area contributed by atoms with Crippen molar-refractivity contribution in [1.29, 1.82) is 0 Å². The number of hydrogen-bond acceptors (Lipinski definition) is 3. The second kappa shape index (κ2) is 5.50. The summed E-state index contributed by atoms with van der Waals surface area (Å²) < 4.78 is 0. The fourth-order valence-electron chi connectivity index (χ4n) is 2.11. The number of anilines is 1. The van der Waals surface area contributed by atoms with E-state index in [1.54, 1.807) is 0 Å². The molecule has 3 nitrogen and oxygen atoms in total. The summed E-state index contributed by atoms with van der Waals surface area (Å²) in [5, 5.41) is 3.15. The molecule has 0 unspecified atom stereocenters. The Hall–Kier alpha value is -1.09. The molecule has 17 heavy (non-hydrogen) atoms. The van der Waals surface area contributed by atoms with E-state index in [9.17, 15) is 0 Å². The van der Waals surface area contributed by atoms with Gasteiger partial charge in [0, 0.05) is 31.0 Å². The highest BCUT2D eigenvalue weighted by Gasteiger charge is 2.25. The lowest BCUT2D eigenvalue weighted by molar-refractivity contribution is 0.643. The third-order valence-electron chi connectivity index (χ3n) is 3.26. The Balaban J connectivity index is 2.12. The van der Waals surface area contributed by atoms with Gasteiger partial charge in [-0.3, -0.25) is 4.98 Å². The molecule has 0 amide bonds. The van der Waals surface area contributed by atoms with Gasteiger partial charge in [0.25, 0.3) is 0 Å². The monoisotopic (exact) mass is 233 g/mol. The number of pyridine rings is 1. The van der Waals surface area contributed by atoms with Crippen LogP contribution in [0.1, 0.15) is 32.4 Å². The first-order chi connectivity index (χ1) is 8.20. The average Bonchev–Trinajstić information content (AvgIpc) is 3.10. The molecule has 0 saturated heterocycles. The molecule has 1 aliphatic rings. The van der Waals surface area contributed by atoms with E-state index in [-0.39, 0.29) is 0 Å². The van der Waals surface area contributed by atoms with Gasteiger partial charge in [0.05, 0.1) is 5.69 Å². The summed E-state index contributed by atoms with van der Waals surface area (Å²) in [4.78, 5) is 6.87. The minimum Gasteiger partial charge on any atom is -0.369 e. The van der Waals surface area contributed by atoms with Crippen molar-refractivity contribution in [2.45, 2.75) is 39.3 Å². The summed E-state index contributed by atoms with van der Waals surface area (Å²) in [5.41, 5.74) is 2.43. The maximum Gasteiger partial charge on any atom is 0.0562 e. The van der Waals surface area contributed by atoms with E-state index in [0.717, 1.165) is 18.2 Å². The standard InChI is InChI=1S/C14H23N3/c1-11(2)17(10-12-4-5-12)14-6-7-16-13(8-14)9-15-3/h6-8,11-12,15H,4-5,9-10H2,1-3H3. The van der Waals surface area contributed by atoms with Gasteiger partial charge in [-0.1, -0.05) is 0 Å². The Labute approximate surface area is 104 Å². The van der Waals surface area contributed by atoms with Crippen molar-refractivity contribution in [2.24, 2.45) is 5.92 Å². The molecule has 0 aliphatic heterocycles. The van der Waals surface area contributed by atoms with Gasteiger partial charge < -0.3 is 10.2 Å². The normalized spacial score (nSPS) is 15.3. The first-order valence-corrected chi connectivity index (χ1v) is 6.57. The van der Waals surface area contributed by atoms with Crippen molar-refractivity contribution >= 4 is 5.69 Å². The molecule has 1 saturated carbocycles. The first-order valence-electron chi connectivity index (χ1n) is 6.57. The van der Waals surface area contributed by atoms with E-state index in [4.69, 9.17) is 0 Å². The van der Waals surface area contributed by atoms with E-state index in [1.165, 1.54) is 25.1 Å². The smallest absolute Gasteiger partial charge is 0.0562 e. The number of aromatic nitrogens is 1. The Bertz CT molecular complexity index is 358. The van der Waals surface area contributed by atoms with Crippen molar-refractivity contribution < 1.29 is 0 Å². The summed E-state index contributed by atoms with van der Waals surface area (Å²) in [5.74, 6) is 0.915. The van der Waals surface area contributed by atoms with Gasteiger partial charge >= 0.3 is 0 Å². The van der Waals surface area contributed by atoms with Crippen molar-refractivity contribution in [3.8, 4) is 0 Å². The minimum atomic E-state index is 0.556. The molecule has 3 heteroatoms. The van der Waals surface area contributed by atoms with Crippen LogP contribution in [-0.2, 0) is 6.54 Å². The summed E-state index contributed by atoms with van der Waals surface area (Å²) in [7, 11) is 1.96. The lowest BCUT2D eigenvalue weighted by Gasteiger charge is -2.29. The summed E-state index contributed by atoms with van der Waals surface area (Å²) in [6.45, 7) is 6.56. The minimum absolute atomic E-state index is 0.556. The number of rotatable bonds is 6. The summed E-state index contributed by atoms with van der Waals surface area (Å²) >= 11 is 0. The van der Waals surface area contributed by atoms with Gasteiger partial charge in [-0.2, -0.15) is 0 Å². The fraction of sp³-hybridized carbons (Fsp3) is 0.643. The molecule has 1 aromatic rings. The van der Waals surface area contributed by atoms with Gasteiger partial charge in [-0.05, 0) is 51.8 Å². The number of hydrogen-bond donors (Lipinski definition) is 1. The van der Waals surface area contributed by atoms with Crippen LogP contribution in [0.2, 0.25) is 0 Å². The molecule has 0 radical (unpaired) electrons. The highest BCUT2D eigenvalue weighted by Crippen LogP contribution is 2.32. The SMILES string of the molecule is CNCc1cc(N(CC2CC2)C(C)C)ccn1. The van der Waals surface area contributed by atoms with Gasteiger partial charge in [-0.25, -0.2) is 0 Å². The van der Waals surface area contributed by atoms with Crippen molar-refractivity contribution in [1.82, 2.24) is 10.3 Å². The van der Waals surface area contributed by atoms with Crippen LogP contribution in [0.25, 0.3) is 0 Å². The molecule has 2 rings (SSSR count). The first kappa shape index (κ1) is 12.4. The maximum absolute atomic E-state index is 4.38. The van der Waals surface area contributed by atoms with Crippen LogP contribution >= 0.6 is 0 Å². The van der Waals surface area contributed by atoms with Crippen LogP contribution in [0.4, 0.5) is 5.69 Å². The van der Waals surface area contributed by atoms with E-state index >= 15 is 0 Å². The molecule has 0 spiro atoms. The van der Waals surface area contributed by atoms with Crippen LogP contribution in [0.3, 0.4) is 0 Å². The Morgan fingerprint density at radius 1 is 1.47 bits per heavy atom. The Morgan fingerprint density at radius 2 is 2.24 bits per heavy atom. The number of nitrogens with one attached hydrogen (secondary N) is 1. The fourth-order valence-corrected chi connectivity index (χ4v) is 2.11. The van der Waals surface area contributed by atoms with Crippen LogP contribution in [0.15, 0.2) is 18.3 Å². The van der Waals surface area contributed by atoms with Gasteiger partial charge in [0.15, 0.2) is 0 Å². The lowest BCUT2D eigenvalue weighted by atomic mass is 10.2. The van der Waals surface area contributed by atoms with E-state index < -0.39 is 0 Å². The number of nitrogens with zero attached hydrogens (tertiary/aromatic N) is 2. The molecule has 1 aliphatic carbocycles. The molecule has 1 N–H and O–H groups in total. The summed E-state index contributed by atoms with van der Waals surface area (Å²) in [6.07, 6.45) is 4.72. The Morgan fingerprint density at radius 3 is 2.82 bits per heavy atom. The van der Waals surface area contributed by atoms with E-state index in [1.807, 2.05) is 13.2 Å². The van der Waals surface area contributed by atoms with Crippen molar-refractivity contribution in [2.75, 3.05) is 18.5 Å². The largest absolute Gasteiger partial charge is 0.369 e. The zero-order valence-electron chi connectivity index (χ0n) is 11.1. The second-order valence-electron chi connectivity index (χ2n) is 5.23. The van der Waals surface area contributed by atoms with Gasteiger partial charge in [-0.15, -0.1) is 0 Å². The Kier molecular flexibility index (Phi) is 4.00. The molecule has 94 valence electrons. The zero-order valence-corrected chi connectivity index (χ0v) is 11.1. The van der Waals surface area contributed by atoms with Gasteiger partial charge in [0.2, 0.25) is 0 Å². The molecular formula is C14H23N3. The average molecular weight is 233 g/mol. The molecule has 0 atom stereocenters. The van der Waals surface area contributed by atoms with Crippen molar-refractivity contribution in [3.05, 3.63) is 24.0 Å². The van der Waals surface area contributed by atoms with Crippen LogP contribution in [0.5, 0.6) is 0 Å². The quantitative estimate of drug-likeness (QED) is 0.818. The van der Waals surface area contributed by atoms with E-state index in [0.29, 0.717) is 6.04 Å². The van der Waals surface area contributed by atoms with Crippen LogP contribution in [0, 0.1) is 5.92 Å². The van der Waals surface area contributed by atoms with Crippen molar-refractivity contribution in [3.63, 3.8) is 0 Å². The third-order valence-corrected chi connectivity index (χ3v) is 3.26. The molecule has 0 bridgehead atoms. The molecule has 1 aromatic heterocycles. The van der Waals surface area contributed by atoms with Crippen LogP contribution < -0.4 is 10.2 Å². The maximum atomic E-state index is 4.38.